The number of nitrogens with zero attached hydrogens (tertiary/aromatic N) is 2. The van der Waals surface area contributed by atoms with Crippen molar-refractivity contribution in [3.8, 4) is 17.2 Å². The number of amides is 1. The molecule has 1 N–H and O–H groups in total. The van der Waals surface area contributed by atoms with E-state index in [1.165, 1.54) is 45.6 Å². The smallest absolute Gasteiger partial charge is 0.254 e. The number of ether oxygens (including phenoxy) is 3. The van der Waals surface area contributed by atoms with Crippen molar-refractivity contribution in [1.82, 2.24) is 9.80 Å². The van der Waals surface area contributed by atoms with Gasteiger partial charge in [0, 0.05) is 37.7 Å². The first-order valence-corrected chi connectivity index (χ1v) is 13.8. The summed E-state index contributed by atoms with van der Waals surface area (Å²) >= 11 is 0. The van der Waals surface area contributed by atoms with E-state index in [1.54, 1.807) is 36.4 Å². The molecular weight excluding hydrogens is 530 g/mol. The first-order chi connectivity index (χ1) is 19.8. The van der Waals surface area contributed by atoms with Gasteiger partial charge >= 0.3 is 0 Å². The van der Waals surface area contributed by atoms with Gasteiger partial charge < -0.3 is 24.2 Å². The van der Waals surface area contributed by atoms with Gasteiger partial charge in [-0.05, 0) is 73.3 Å². The van der Waals surface area contributed by atoms with Crippen molar-refractivity contribution in [2.45, 2.75) is 31.3 Å². The number of benzene rings is 3. The molecule has 0 spiro atoms. The van der Waals surface area contributed by atoms with Crippen molar-refractivity contribution in [2.75, 3.05) is 54.1 Å². The third kappa shape index (κ3) is 7.54. The van der Waals surface area contributed by atoms with Crippen LogP contribution in [0, 0.1) is 11.6 Å². The number of carbonyl (C=O) groups excluding carboxylic acids is 1. The Morgan fingerprint density at radius 1 is 0.805 bits per heavy atom. The summed E-state index contributed by atoms with van der Waals surface area (Å²) in [5, 5.41) is 11.1. The first kappa shape index (κ1) is 30.3. The van der Waals surface area contributed by atoms with Crippen molar-refractivity contribution in [3.63, 3.8) is 0 Å². The fourth-order valence-electron chi connectivity index (χ4n) is 5.39. The number of carbonyl (C=O) groups is 1. The van der Waals surface area contributed by atoms with Crippen molar-refractivity contribution < 1.29 is 32.9 Å². The fourth-order valence-corrected chi connectivity index (χ4v) is 5.39. The zero-order valence-corrected chi connectivity index (χ0v) is 23.8. The molecule has 220 valence electrons. The molecule has 1 aliphatic heterocycles. The average Bonchev–Trinajstić information content (AvgIpc) is 3.00. The monoisotopic (exact) mass is 568 g/mol. The van der Waals surface area contributed by atoms with Gasteiger partial charge in [-0.3, -0.25) is 9.69 Å². The van der Waals surface area contributed by atoms with Gasteiger partial charge in [0.2, 0.25) is 5.75 Å². The van der Waals surface area contributed by atoms with Crippen molar-refractivity contribution >= 4 is 5.91 Å². The van der Waals surface area contributed by atoms with Gasteiger partial charge in [-0.25, -0.2) is 8.78 Å². The molecule has 1 saturated heterocycles. The van der Waals surface area contributed by atoms with Gasteiger partial charge in [0.25, 0.3) is 5.91 Å². The Kier molecular flexibility index (Phi) is 10.5. The summed E-state index contributed by atoms with van der Waals surface area (Å²) in [7, 11) is 4.57. The standard InChI is InChI=1S/C32H38F2N2O5/c1-39-28-20-24(21-29(40-2)31(28)41-3)32(38)36-18-16-35(17-19-36)15-5-4-6-27(37)30(22-7-11-25(33)12-8-22)23-9-13-26(34)14-10-23/h7-14,20-21,27,30,37H,4-6,15-19H2,1-3H3. The van der Waals surface area contributed by atoms with Crippen LogP contribution < -0.4 is 14.2 Å². The highest BCUT2D eigenvalue weighted by molar-refractivity contribution is 5.95. The molecule has 0 aliphatic carbocycles. The van der Waals surface area contributed by atoms with E-state index in [2.05, 4.69) is 4.90 Å². The first-order valence-electron chi connectivity index (χ1n) is 13.8. The summed E-state index contributed by atoms with van der Waals surface area (Å²) in [6.07, 6.45) is 1.54. The van der Waals surface area contributed by atoms with Crippen molar-refractivity contribution in [1.29, 1.82) is 0 Å². The largest absolute Gasteiger partial charge is 0.493 e. The molecule has 1 aliphatic rings. The number of aliphatic hydroxyl groups is 1. The number of halogens is 2. The molecule has 0 saturated carbocycles. The Labute approximate surface area is 240 Å². The van der Waals surface area contributed by atoms with E-state index < -0.39 is 6.10 Å². The third-order valence-electron chi connectivity index (χ3n) is 7.64. The molecule has 1 heterocycles. The second kappa shape index (κ2) is 14.3. The Morgan fingerprint density at radius 2 is 1.32 bits per heavy atom. The molecule has 0 aromatic heterocycles. The van der Waals surface area contributed by atoms with E-state index in [0.717, 1.165) is 43.6 Å². The van der Waals surface area contributed by atoms with Crippen LogP contribution in [-0.4, -0.2) is 81.0 Å². The predicted octanol–water partition coefficient (Wildman–Crippen LogP) is 5.11. The van der Waals surface area contributed by atoms with Gasteiger partial charge in [-0.15, -0.1) is 0 Å². The molecule has 1 unspecified atom stereocenters. The Bertz CT molecular complexity index is 1210. The molecule has 3 aromatic carbocycles. The molecule has 1 amide bonds. The second-order valence-electron chi connectivity index (χ2n) is 10.2. The van der Waals surface area contributed by atoms with Gasteiger partial charge in [0.1, 0.15) is 11.6 Å². The SMILES string of the molecule is COc1cc(C(=O)N2CCN(CCCCC(O)C(c3ccc(F)cc3)c3ccc(F)cc3)CC2)cc(OC)c1OC. The minimum absolute atomic E-state index is 0.0837. The van der Waals surface area contributed by atoms with Gasteiger partial charge in [-0.1, -0.05) is 24.3 Å². The number of methoxy groups -OCH3 is 3. The molecule has 7 nitrogen and oxygen atoms in total. The Balaban J connectivity index is 1.28. The molecule has 1 atom stereocenters. The Hall–Kier alpha value is -3.69. The van der Waals surface area contributed by atoms with Crippen LogP contribution in [0.2, 0.25) is 0 Å². The van der Waals surface area contributed by atoms with Crippen LogP contribution in [0.5, 0.6) is 17.2 Å². The summed E-state index contributed by atoms with van der Waals surface area (Å²) in [6, 6.07) is 15.6. The van der Waals surface area contributed by atoms with Crippen LogP contribution in [0.15, 0.2) is 60.7 Å². The van der Waals surface area contributed by atoms with Crippen molar-refractivity contribution in [3.05, 3.63) is 89.0 Å². The molecular formula is C32H38F2N2O5. The number of rotatable bonds is 12. The number of aliphatic hydroxyl groups excluding tert-OH is 1. The number of unbranched alkanes of at least 4 members (excludes halogenated alkanes) is 1. The minimum atomic E-state index is -0.695. The topological polar surface area (TPSA) is 71.5 Å². The van der Waals surface area contributed by atoms with E-state index in [0.29, 0.717) is 42.3 Å². The lowest BCUT2D eigenvalue weighted by Crippen LogP contribution is -2.48. The van der Waals surface area contributed by atoms with Crippen LogP contribution >= 0.6 is 0 Å². The molecule has 3 aromatic rings. The maximum Gasteiger partial charge on any atom is 0.254 e. The van der Waals surface area contributed by atoms with Crippen LogP contribution in [0.25, 0.3) is 0 Å². The zero-order chi connectivity index (χ0) is 29.4. The summed E-state index contributed by atoms with van der Waals surface area (Å²) in [6.45, 7) is 3.58. The van der Waals surface area contributed by atoms with E-state index in [4.69, 9.17) is 14.2 Å². The van der Waals surface area contributed by atoms with Gasteiger partial charge in [-0.2, -0.15) is 0 Å². The van der Waals surface area contributed by atoms with E-state index in [-0.39, 0.29) is 23.5 Å². The summed E-state index contributed by atoms with van der Waals surface area (Å²) < 4.78 is 43.2. The van der Waals surface area contributed by atoms with Crippen LogP contribution in [0.1, 0.15) is 46.7 Å². The normalized spacial score (nSPS) is 14.7. The highest BCUT2D eigenvalue weighted by atomic mass is 19.1. The van der Waals surface area contributed by atoms with Crippen LogP contribution in [0.4, 0.5) is 8.78 Å². The maximum atomic E-state index is 13.5. The molecule has 1 fully saturated rings. The van der Waals surface area contributed by atoms with Gasteiger partial charge in [0.15, 0.2) is 11.5 Å². The van der Waals surface area contributed by atoms with Crippen LogP contribution in [-0.2, 0) is 0 Å². The summed E-state index contributed by atoms with van der Waals surface area (Å²) in [5.41, 5.74) is 2.07. The predicted molar refractivity (Wildman–Crippen MR) is 153 cm³/mol. The number of piperazine rings is 1. The highest BCUT2D eigenvalue weighted by Gasteiger charge is 2.26. The van der Waals surface area contributed by atoms with E-state index in [1.807, 2.05) is 4.90 Å². The zero-order valence-electron chi connectivity index (χ0n) is 23.8. The molecule has 41 heavy (non-hydrogen) atoms. The summed E-state index contributed by atoms with van der Waals surface area (Å²) in [4.78, 5) is 17.4. The van der Waals surface area contributed by atoms with Crippen molar-refractivity contribution in [2.24, 2.45) is 0 Å². The lowest BCUT2D eigenvalue weighted by Gasteiger charge is -2.35. The van der Waals surface area contributed by atoms with E-state index in [9.17, 15) is 18.7 Å². The number of hydrogen-bond donors (Lipinski definition) is 1. The maximum absolute atomic E-state index is 13.5. The molecule has 9 heteroatoms. The second-order valence-corrected chi connectivity index (χ2v) is 10.2. The average molecular weight is 569 g/mol. The quantitative estimate of drug-likeness (QED) is 0.306. The summed E-state index contributed by atoms with van der Waals surface area (Å²) in [5.74, 6) is 0.190. The van der Waals surface area contributed by atoms with Crippen LogP contribution in [0.3, 0.4) is 0 Å². The van der Waals surface area contributed by atoms with Gasteiger partial charge in [0.05, 0.1) is 27.4 Å². The fraction of sp³-hybridized carbons (Fsp3) is 0.406. The lowest BCUT2D eigenvalue weighted by molar-refractivity contribution is 0.0631. The lowest BCUT2D eigenvalue weighted by atomic mass is 9.84. The molecule has 0 radical (unpaired) electrons. The highest BCUT2D eigenvalue weighted by Crippen LogP contribution is 2.38. The Morgan fingerprint density at radius 3 is 1.78 bits per heavy atom. The molecule has 0 bridgehead atoms. The minimum Gasteiger partial charge on any atom is -0.493 e. The van der Waals surface area contributed by atoms with E-state index >= 15 is 0 Å². The number of hydrogen-bond acceptors (Lipinski definition) is 6. The third-order valence-corrected chi connectivity index (χ3v) is 7.64. The molecule has 4 rings (SSSR count).